The zero-order chi connectivity index (χ0) is 18.1. The van der Waals surface area contributed by atoms with E-state index in [2.05, 4.69) is 23.7 Å². The summed E-state index contributed by atoms with van der Waals surface area (Å²) in [6.45, 7) is 6.02. The maximum atomic E-state index is 11.7. The lowest BCUT2D eigenvalue weighted by Gasteiger charge is -2.21. The van der Waals surface area contributed by atoms with Crippen LogP contribution in [0, 0.1) is 23.7 Å². The first-order valence-corrected chi connectivity index (χ1v) is 7.94. The van der Waals surface area contributed by atoms with E-state index in [0.29, 0.717) is 5.56 Å². The van der Waals surface area contributed by atoms with Gasteiger partial charge in [-0.25, -0.2) is 4.79 Å². The summed E-state index contributed by atoms with van der Waals surface area (Å²) in [5, 5.41) is 0. The molecule has 0 unspecified atom stereocenters. The van der Waals surface area contributed by atoms with E-state index in [1.54, 1.807) is 24.3 Å². The molecule has 0 fully saturated rings. The molecule has 0 atom stereocenters. The van der Waals surface area contributed by atoms with Crippen molar-refractivity contribution in [2.24, 2.45) is 0 Å². The monoisotopic (exact) mass is 332 g/mol. The third-order valence-corrected chi connectivity index (χ3v) is 2.92. The zero-order valence-electron chi connectivity index (χ0n) is 14.6. The van der Waals surface area contributed by atoms with Gasteiger partial charge >= 0.3 is 5.97 Å². The molecule has 0 saturated heterocycles. The summed E-state index contributed by atoms with van der Waals surface area (Å²) >= 11 is 0. The van der Waals surface area contributed by atoms with Gasteiger partial charge in [0.05, 0.1) is 5.56 Å². The number of hydrogen-bond acceptors (Lipinski definition) is 3. The lowest BCUT2D eigenvalue weighted by molar-refractivity contribution is 0.0556. The SMILES string of the molecule is CC(C)(C)Oc1ccc(C#CC#CCOC(=O)c2ccccc2)cc1. The number of carbonyl (C=O) groups excluding carboxylic acids is 1. The van der Waals surface area contributed by atoms with Gasteiger partial charge in [-0.15, -0.1) is 0 Å². The van der Waals surface area contributed by atoms with Gasteiger partial charge in [0.25, 0.3) is 0 Å². The van der Waals surface area contributed by atoms with Crippen LogP contribution in [0.5, 0.6) is 5.75 Å². The Bertz CT molecular complexity index is 821. The van der Waals surface area contributed by atoms with Gasteiger partial charge in [-0.2, -0.15) is 0 Å². The van der Waals surface area contributed by atoms with Crippen LogP contribution < -0.4 is 4.74 Å². The van der Waals surface area contributed by atoms with Crippen molar-refractivity contribution < 1.29 is 14.3 Å². The van der Waals surface area contributed by atoms with Crippen molar-refractivity contribution in [2.75, 3.05) is 6.61 Å². The van der Waals surface area contributed by atoms with Crippen LogP contribution in [0.4, 0.5) is 0 Å². The van der Waals surface area contributed by atoms with Gasteiger partial charge < -0.3 is 9.47 Å². The fraction of sp³-hybridized carbons (Fsp3) is 0.227. The topological polar surface area (TPSA) is 35.5 Å². The predicted octanol–water partition coefficient (Wildman–Crippen LogP) is 4.08. The summed E-state index contributed by atoms with van der Waals surface area (Å²) in [6.07, 6.45) is 0. The van der Waals surface area contributed by atoms with Gasteiger partial charge in [0.2, 0.25) is 0 Å². The van der Waals surface area contributed by atoms with Gasteiger partial charge in [-0.05, 0) is 74.9 Å². The normalized spacial score (nSPS) is 9.88. The number of benzene rings is 2. The molecule has 0 N–H and O–H groups in total. The maximum Gasteiger partial charge on any atom is 0.339 e. The molecule has 3 heteroatoms. The number of hydrogen-bond donors (Lipinski definition) is 0. The smallest absolute Gasteiger partial charge is 0.339 e. The van der Waals surface area contributed by atoms with E-state index in [9.17, 15) is 4.79 Å². The Morgan fingerprint density at radius 3 is 2.28 bits per heavy atom. The van der Waals surface area contributed by atoms with Crippen molar-refractivity contribution >= 4 is 5.97 Å². The van der Waals surface area contributed by atoms with E-state index in [1.165, 1.54) is 0 Å². The Morgan fingerprint density at radius 1 is 0.960 bits per heavy atom. The van der Waals surface area contributed by atoms with E-state index in [4.69, 9.17) is 9.47 Å². The third-order valence-electron chi connectivity index (χ3n) is 2.92. The molecular weight excluding hydrogens is 312 g/mol. The average molecular weight is 332 g/mol. The van der Waals surface area contributed by atoms with Gasteiger partial charge in [-0.1, -0.05) is 24.1 Å². The Kier molecular flexibility index (Phi) is 6.26. The minimum atomic E-state index is -0.391. The largest absolute Gasteiger partial charge is 0.488 e. The summed E-state index contributed by atoms with van der Waals surface area (Å²) in [5.41, 5.74) is 1.13. The highest BCUT2D eigenvalue weighted by Crippen LogP contribution is 2.18. The number of rotatable bonds is 3. The molecule has 0 spiro atoms. The lowest BCUT2D eigenvalue weighted by Crippen LogP contribution is -2.22. The molecule has 2 rings (SSSR count). The minimum Gasteiger partial charge on any atom is -0.488 e. The molecule has 3 nitrogen and oxygen atoms in total. The first kappa shape index (κ1) is 18.2. The second kappa shape index (κ2) is 8.62. The van der Waals surface area contributed by atoms with Crippen LogP contribution in [0.25, 0.3) is 0 Å². The molecule has 0 bridgehead atoms. The van der Waals surface area contributed by atoms with Crippen molar-refractivity contribution in [3.05, 3.63) is 65.7 Å². The Hall–Kier alpha value is -3.17. The Balaban J connectivity index is 1.83. The van der Waals surface area contributed by atoms with Crippen LogP contribution in [-0.4, -0.2) is 18.2 Å². The average Bonchev–Trinajstić information content (AvgIpc) is 2.58. The van der Waals surface area contributed by atoms with E-state index >= 15 is 0 Å². The molecule has 0 aromatic heterocycles. The van der Waals surface area contributed by atoms with Crippen LogP contribution in [-0.2, 0) is 4.74 Å². The summed E-state index contributed by atoms with van der Waals surface area (Å²) < 4.78 is 10.8. The summed E-state index contributed by atoms with van der Waals surface area (Å²) in [7, 11) is 0. The number of esters is 1. The first-order valence-electron chi connectivity index (χ1n) is 7.94. The lowest BCUT2D eigenvalue weighted by atomic mass is 10.2. The minimum absolute atomic E-state index is 0.0147. The van der Waals surface area contributed by atoms with Gasteiger partial charge in [0.1, 0.15) is 11.4 Å². The molecule has 126 valence electrons. The highest BCUT2D eigenvalue weighted by Gasteiger charge is 2.10. The maximum absolute atomic E-state index is 11.7. The Morgan fingerprint density at radius 2 is 1.64 bits per heavy atom. The van der Waals surface area contributed by atoms with Crippen LogP contribution in [0.3, 0.4) is 0 Å². The second-order valence-electron chi connectivity index (χ2n) is 6.23. The fourth-order valence-corrected chi connectivity index (χ4v) is 1.90. The number of ether oxygens (including phenoxy) is 2. The quantitative estimate of drug-likeness (QED) is 0.628. The van der Waals surface area contributed by atoms with Crippen molar-refractivity contribution in [1.82, 2.24) is 0 Å². The van der Waals surface area contributed by atoms with Gasteiger partial charge in [-0.3, -0.25) is 0 Å². The van der Waals surface area contributed by atoms with Crippen LogP contribution in [0.15, 0.2) is 54.6 Å². The molecule has 0 saturated carbocycles. The van der Waals surface area contributed by atoms with E-state index in [1.807, 2.05) is 51.1 Å². The molecule has 0 heterocycles. The fourth-order valence-electron chi connectivity index (χ4n) is 1.90. The molecule has 2 aromatic rings. The number of carbonyl (C=O) groups is 1. The molecule has 25 heavy (non-hydrogen) atoms. The molecule has 0 aliphatic heterocycles. The van der Waals surface area contributed by atoms with E-state index in [0.717, 1.165) is 11.3 Å². The van der Waals surface area contributed by atoms with Gasteiger partial charge in [0.15, 0.2) is 6.61 Å². The van der Waals surface area contributed by atoms with E-state index in [-0.39, 0.29) is 12.2 Å². The third kappa shape index (κ3) is 6.85. The summed E-state index contributed by atoms with van der Waals surface area (Å²) in [5.74, 6) is 11.5. The highest BCUT2D eigenvalue weighted by atomic mass is 16.5. The van der Waals surface area contributed by atoms with Crippen LogP contribution in [0.1, 0.15) is 36.7 Å². The van der Waals surface area contributed by atoms with Crippen molar-refractivity contribution in [2.45, 2.75) is 26.4 Å². The molecule has 0 amide bonds. The van der Waals surface area contributed by atoms with Crippen molar-refractivity contribution in [3.63, 3.8) is 0 Å². The molecule has 0 aliphatic rings. The Labute approximate surface area is 149 Å². The molecule has 2 aromatic carbocycles. The van der Waals surface area contributed by atoms with Crippen LogP contribution >= 0.6 is 0 Å². The molecular formula is C22H20O3. The summed E-state index contributed by atoms with van der Waals surface area (Å²) in [6, 6.07) is 16.3. The highest BCUT2D eigenvalue weighted by molar-refractivity contribution is 5.89. The van der Waals surface area contributed by atoms with Crippen LogP contribution in [0.2, 0.25) is 0 Å². The molecule has 0 radical (unpaired) electrons. The molecule has 0 aliphatic carbocycles. The predicted molar refractivity (Wildman–Crippen MR) is 98.2 cm³/mol. The second-order valence-corrected chi connectivity index (χ2v) is 6.23. The summed E-state index contributed by atoms with van der Waals surface area (Å²) in [4.78, 5) is 11.7. The zero-order valence-corrected chi connectivity index (χ0v) is 14.6. The van der Waals surface area contributed by atoms with Crippen molar-refractivity contribution in [3.8, 4) is 29.4 Å². The van der Waals surface area contributed by atoms with E-state index < -0.39 is 5.97 Å². The van der Waals surface area contributed by atoms with Crippen molar-refractivity contribution in [1.29, 1.82) is 0 Å². The first-order chi connectivity index (χ1) is 11.9. The standard InChI is InChI=1S/C22H20O3/c1-22(2,3)25-20-15-13-18(14-16-20)10-6-5-9-17-24-21(23)19-11-7-4-8-12-19/h4,7-8,11-16H,17H2,1-3H3. The van der Waals surface area contributed by atoms with Gasteiger partial charge in [0, 0.05) is 5.56 Å².